The number of hydrogen-bond donors (Lipinski definition) is 2. The summed E-state index contributed by atoms with van der Waals surface area (Å²) in [6.07, 6.45) is 0.209. The zero-order chi connectivity index (χ0) is 21.8. The van der Waals surface area contributed by atoms with E-state index >= 15 is 0 Å². The van der Waals surface area contributed by atoms with Gasteiger partial charge in [-0.1, -0.05) is 23.5 Å². The Morgan fingerprint density at radius 3 is 2.68 bits per heavy atom. The minimum atomic E-state index is -0.176. The number of amides is 1. The Balaban J connectivity index is 1.49. The van der Waals surface area contributed by atoms with Crippen LogP contribution in [0, 0.1) is 22.7 Å². The zero-order valence-corrected chi connectivity index (χ0v) is 18.4. The molecule has 4 rings (SSSR count). The Hall–Kier alpha value is -3.44. The Morgan fingerprint density at radius 1 is 1.16 bits per heavy atom. The molecule has 0 radical (unpaired) electrons. The van der Waals surface area contributed by atoms with E-state index in [1.54, 1.807) is 0 Å². The van der Waals surface area contributed by atoms with Gasteiger partial charge in [0.05, 0.1) is 15.8 Å². The summed E-state index contributed by atoms with van der Waals surface area (Å²) in [5, 5.41) is 26.8. The molecule has 0 fully saturated rings. The van der Waals surface area contributed by atoms with Crippen LogP contribution in [0.3, 0.4) is 0 Å². The van der Waals surface area contributed by atoms with Gasteiger partial charge in [-0.05, 0) is 34.5 Å². The highest BCUT2D eigenvalue weighted by Crippen LogP contribution is 2.36. The second kappa shape index (κ2) is 9.14. The summed E-state index contributed by atoms with van der Waals surface area (Å²) in [4.78, 5) is 21.0. The van der Waals surface area contributed by atoms with Crippen LogP contribution in [0.4, 0.5) is 10.9 Å². The van der Waals surface area contributed by atoms with Gasteiger partial charge in [-0.15, -0.1) is 11.8 Å². The molecule has 3 heterocycles. The van der Waals surface area contributed by atoms with Crippen molar-refractivity contribution in [1.82, 2.24) is 9.97 Å². The van der Waals surface area contributed by atoms with Crippen molar-refractivity contribution in [2.75, 3.05) is 16.8 Å². The lowest BCUT2D eigenvalue weighted by Crippen LogP contribution is -2.12. The smallest absolute Gasteiger partial charge is 0.226 e. The Bertz CT molecular complexity index is 1320. The molecule has 4 aromatic rings. The number of anilines is 2. The van der Waals surface area contributed by atoms with Crippen molar-refractivity contribution in [2.45, 2.75) is 11.4 Å². The van der Waals surface area contributed by atoms with Crippen LogP contribution in [0.25, 0.3) is 21.3 Å². The van der Waals surface area contributed by atoms with E-state index < -0.39 is 0 Å². The van der Waals surface area contributed by atoms with Gasteiger partial charge in [-0.25, -0.2) is 9.97 Å². The highest BCUT2D eigenvalue weighted by molar-refractivity contribution is 7.99. The van der Waals surface area contributed by atoms with Crippen molar-refractivity contribution in [3.05, 3.63) is 52.2 Å². The van der Waals surface area contributed by atoms with Crippen LogP contribution >= 0.6 is 34.4 Å². The number of nitrogen functional groups attached to an aromatic ring is 1. The predicted octanol–water partition coefficient (Wildman–Crippen LogP) is 4.87. The van der Waals surface area contributed by atoms with Gasteiger partial charge in [0.2, 0.25) is 5.91 Å². The van der Waals surface area contributed by atoms with E-state index in [1.165, 1.54) is 34.4 Å². The fourth-order valence-electron chi connectivity index (χ4n) is 2.95. The number of nitriles is 2. The number of carbonyl (C=O) groups excluding carboxylic acids is 1. The lowest BCUT2D eigenvalue weighted by molar-refractivity contribution is -0.115. The average molecular weight is 463 g/mol. The van der Waals surface area contributed by atoms with Crippen molar-refractivity contribution < 1.29 is 4.79 Å². The number of thiophene rings is 1. The van der Waals surface area contributed by atoms with Crippen LogP contribution in [-0.4, -0.2) is 21.6 Å². The van der Waals surface area contributed by atoms with Gasteiger partial charge < -0.3 is 11.1 Å². The molecule has 0 saturated carbocycles. The van der Waals surface area contributed by atoms with Crippen LogP contribution in [0.5, 0.6) is 0 Å². The van der Waals surface area contributed by atoms with Gasteiger partial charge in [0.25, 0.3) is 0 Å². The minimum Gasteiger partial charge on any atom is -0.383 e. The third-order valence-corrected chi connectivity index (χ3v) is 6.95. The monoisotopic (exact) mass is 462 g/mol. The molecule has 0 atom stereocenters. The van der Waals surface area contributed by atoms with Gasteiger partial charge in [-0.2, -0.15) is 21.9 Å². The van der Waals surface area contributed by atoms with Crippen LogP contribution in [0.15, 0.2) is 46.1 Å². The number of nitrogens with two attached hydrogens (primary N) is 1. The van der Waals surface area contributed by atoms with E-state index in [4.69, 9.17) is 5.73 Å². The van der Waals surface area contributed by atoms with E-state index in [1.807, 2.05) is 41.1 Å². The van der Waals surface area contributed by atoms with Crippen LogP contribution in [0.1, 0.15) is 17.5 Å². The van der Waals surface area contributed by atoms with Gasteiger partial charge in [0.1, 0.15) is 28.5 Å². The van der Waals surface area contributed by atoms with Crippen LogP contribution in [0.2, 0.25) is 0 Å². The first kappa shape index (κ1) is 20.8. The third kappa shape index (κ3) is 4.37. The quantitative estimate of drug-likeness (QED) is 0.391. The van der Waals surface area contributed by atoms with E-state index in [2.05, 4.69) is 27.4 Å². The molecule has 152 valence electrons. The standard InChI is InChI=1S/C21H14N6OS3/c22-9-13-18(12-5-7-29-11-12)14(10-23)20(27-19(13)24)30-8-6-17(28)26-21-25-15-3-1-2-4-16(15)31-21/h1-5,7,11H,6,8H2,(H2,24,27)(H,25,26,28). The zero-order valence-electron chi connectivity index (χ0n) is 16.0. The Labute approximate surface area is 190 Å². The molecule has 1 amide bonds. The number of aromatic nitrogens is 2. The van der Waals surface area contributed by atoms with Crippen LogP contribution in [-0.2, 0) is 4.79 Å². The fraction of sp³-hybridized carbons (Fsp3) is 0.0952. The number of carbonyl (C=O) groups is 1. The highest BCUT2D eigenvalue weighted by Gasteiger charge is 2.21. The van der Waals surface area contributed by atoms with Gasteiger partial charge >= 0.3 is 0 Å². The Kier molecular flexibility index (Phi) is 6.14. The first-order valence-electron chi connectivity index (χ1n) is 9.05. The number of nitrogens with one attached hydrogen (secondary N) is 1. The van der Waals surface area contributed by atoms with E-state index in [0.29, 0.717) is 27.0 Å². The van der Waals surface area contributed by atoms with Crippen molar-refractivity contribution in [1.29, 1.82) is 10.5 Å². The number of pyridine rings is 1. The maximum atomic E-state index is 12.3. The number of thiazole rings is 1. The molecule has 0 bridgehead atoms. The molecule has 31 heavy (non-hydrogen) atoms. The summed E-state index contributed by atoms with van der Waals surface area (Å²) in [7, 11) is 0. The molecule has 7 nitrogen and oxygen atoms in total. The molecule has 0 aliphatic heterocycles. The summed E-state index contributed by atoms with van der Waals surface area (Å²) in [5.41, 5.74) is 8.55. The number of rotatable bonds is 6. The molecule has 1 aromatic carbocycles. The number of nitrogens with zero attached hydrogens (tertiary/aromatic N) is 4. The number of fused-ring (bicyclic) bond motifs is 1. The van der Waals surface area contributed by atoms with Crippen LogP contribution < -0.4 is 11.1 Å². The summed E-state index contributed by atoms with van der Waals surface area (Å²) in [6, 6.07) is 13.7. The van der Waals surface area contributed by atoms with Crippen molar-refractivity contribution in [3.63, 3.8) is 0 Å². The molecule has 0 aliphatic rings. The molecule has 3 aromatic heterocycles. The molecule has 0 spiro atoms. The Morgan fingerprint density at radius 2 is 1.97 bits per heavy atom. The summed E-state index contributed by atoms with van der Waals surface area (Å²) in [5.74, 6) is 0.293. The number of thioether (sulfide) groups is 1. The highest BCUT2D eigenvalue weighted by atomic mass is 32.2. The summed E-state index contributed by atoms with van der Waals surface area (Å²) in [6.45, 7) is 0. The van der Waals surface area contributed by atoms with Gasteiger partial charge in [0, 0.05) is 17.7 Å². The third-order valence-electron chi connectivity index (χ3n) is 4.33. The van der Waals surface area contributed by atoms with Gasteiger partial charge in [0.15, 0.2) is 5.13 Å². The molecular weight excluding hydrogens is 448 g/mol. The van der Waals surface area contributed by atoms with E-state index in [0.717, 1.165) is 15.8 Å². The average Bonchev–Trinajstić information content (AvgIpc) is 3.42. The van der Waals surface area contributed by atoms with E-state index in [9.17, 15) is 15.3 Å². The normalized spacial score (nSPS) is 10.5. The van der Waals surface area contributed by atoms with E-state index in [-0.39, 0.29) is 23.7 Å². The molecule has 10 heteroatoms. The minimum absolute atomic E-state index is 0.0733. The van der Waals surface area contributed by atoms with Crippen molar-refractivity contribution >= 4 is 61.5 Å². The largest absolute Gasteiger partial charge is 0.383 e. The molecule has 3 N–H and O–H groups in total. The fourth-order valence-corrected chi connectivity index (χ4v) is 5.41. The maximum absolute atomic E-state index is 12.3. The summed E-state index contributed by atoms with van der Waals surface area (Å²) < 4.78 is 1.00. The molecule has 0 unspecified atom stereocenters. The number of hydrogen-bond acceptors (Lipinski definition) is 9. The van der Waals surface area contributed by atoms with Crippen molar-refractivity contribution in [3.8, 4) is 23.3 Å². The lowest BCUT2D eigenvalue weighted by atomic mass is 9.99. The topological polar surface area (TPSA) is 128 Å². The first-order valence-corrected chi connectivity index (χ1v) is 11.8. The predicted molar refractivity (Wildman–Crippen MR) is 125 cm³/mol. The lowest BCUT2D eigenvalue weighted by Gasteiger charge is -2.11. The summed E-state index contributed by atoms with van der Waals surface area (Å²) >= 11 is 4.14. The number of para-hydroxylation sites is 1. The number of benzene rings is 1. The molecule has 0 aliphatic carbocycles. The maximum Gasteiger partial charge on any atom is 0.226 e. The second-order valence-electron chi connectivity index (χ2n) is 6.30. The van der Waals surface area contributed by atoms with Crippen molar-refractivity contribution in [2.24, 2.45) is 0 Å². The SMILES string of the molecule is N#Cc1c(N)nc(SCCC(=O)Nc2nc3ccccc3s2)c(C#N)c1-c1ccsc1. The van der Waals surface area contributed by atoms with Gasteiger partial charge in [-0.3, -0.25) is 4.79 Å². The molecular formula is C21H14N6OS3. The molecule has 0 saturated heterocycles. The second-order valence-corrected chi connectivity index (χ2v) is 9.19. The first-order chi connectivity index (χ1) is 15.1.